The van der Waals surface area contributed by atoms with Crippen molar-refractivity contribution in [2.45, 2.75) is 5.03 Å². The Morgan fingerprint density at radius 3 is 2.89 bits per heavy atom. The van der Waals surface area contributed by atoms with Crippen molar-refractivity contribution in [1.82, 2.24) is 5.16 Å². The molecule has 0 saturated heterocycles. The van der Waals surface area contributed by atoms with Gasteiger partial charge in [-0.15, -0.1) is 11.8 Å². The average molecular weight is 144 g/mol. The number of nitrogens with one attached hydrogen (secondary N) is 1. The van der Waals surface area contributed by atoms with Gasteiger partial charge >= 0.3 is 0 Å². The Morgan fingerprint density at radius 2 is 2.56 bits per heavy atom. The van der Waals surface area contributed by atoms with E-state index < -0.39 is 0 Å². The Balaban J connectivity index is 2.74. The molecule has 3 nitrogen and oxygen atoms in total. The van der Waals surface area contributed by atoms with Crippen LogP contribution in [-0.2, 0) is 0 Å². The molecule has 9 heavy (non-hydrogen) atoms. The highest BCUT2D eigenvalue weighted by molar-refractivity contribution is 7.98. The van der Waals surface area contributed by atoms with Gasteiger partial charge in [0.15, 0.2) is 0 Å². The van der Waals surface area contributed by atoms with Crippen LogP contribution in [-0.4, -0.2) is 18.5 Å². The fourth-order valence-electron chi connectivity index (χ4n) is 0.473. The summed E-state index contributed by atoms with van der Waals surface area (Å²) in [6.45, 7) is 0. The van der Waals surface area contributed by atoms with Crippen molar-refractivity contribution >= 4 is 17.6 Å². The van der Waals surface area contributed by atoms with Gasteiger partial charge in [-0.2, -0.15) is 0 Å². The van der Waals surface area contributed by atoms with Gasteiger partial charge in [0, 0.05) is 13.1 Å². The highest BCUT2D eigenvalue weighted by atomic mass is 32.2. The fraction of sp³-hybridized carbons (Fsp3) is 0.400. The van der Waals surface area contributed by atoms with Crippen molar-refractivity contribution in [2.24, 2.45) is 0 Å². The first-order valence-electron chi connectivity index (χ1n) is 2.55. The van der Waals surface area contributed by atoms with Gasteiger partial charge < -0.3 is 9.84 Å². The van der Waals surface area contributed by atoms with E-state index in [2.05, 4.69) is 10.5 Å². The number of hydrogen-bond donors (Lipinski definition) is 1. The van der Waals surface area contributed by atoms with Crippen LogP contribution in [0.2, 0.25) is 0 Å². The van der Waals surface area contributed by atoms with Crippen molar-refractivity contribution in [1.29, 1.82) is 0 Å². The van der Waals surface area contributed by atoms with Crippen LogP contribution < -0.4 is 5.32 Å². The number of aromatic nitrogens is 1. The Morgan fingerprint density at radius 1 is 1.78 bits per heavy atom. The van der Waals surface area contributed by atoms with Gasteiger partial charge in [0.2, 0.25) is 5.88 Å². The molecular formula is C5H8N2OS. The SMILES string of the molecule is CNc1cc(SC)no1. The molecule has 0 aliphatic carbocycles. The van der Waals surface area contributed by atoms with Crippen LogP contribution in [0.1, 0.15) is 0 Å². The zero-order valence-corrected chi connectivity index (χ0v) is 6.16. The number of hydrogen-bond acceptors (Lipinski definition) is 4. The van der Waals surface area contributed by atoms with E-state index in [1.54, 1.807) is 18.8 Å². The van der Waals surface area contributed by atoms with E-state index in [4.69, 9.17) is 4.52 Å². The molecule has 0 unspecified atom stereocenters. The first-order chi connectivity index (χ1) is 4.36. The van der Waals surface area contributed by atoms with E-state index in [9.17, 15) is 0 Å². The van der Waals surface area contributed by atoms with Crippen molar-refractivity contribution in [3.8, 4) is 0 Å². The van der Waals surface area contributed by atoms with Crippen molar-refractivity contribution in [3.63, 3.8) is 0 Å². The molecule has 0 fully saturated rings. The minimum Gasteiger partial charge on any atom is -0.357 e. The second-order valence-electron chi connectivity index (χ2n) is 1.48. The summed E-state index contributed by atoms with van der Waals surface area (Å²) in [5.74, 6) is 0.708. The Hall–Kier alpha value is -0.640. The lowest BCUT2D eigenvalue weighted by Crippen LogP contribution is -1.81. The summed E-state index contributed by atoms with van der Waals surface area (Å²) in [7, 11) is 1.80. The Kier molecular flexibility index (Phi) is 2.00. The summed E-state index contributed by atoms with van der Waals surface area (Å²) < 4.78 is 4.82. The third-order valence-electron chi connectivity index (χ3n) is 0.944. The van der Waals surface area contributed by atoms with Crippen molar-refractivity contribution < 1.29 is 4.52 Å². The highest BCUT2D eigenvalue weighted by Crippen LogP contribution is 2.16. The predicted octanol–water partition coefficient (Wildman–Crippen LogP) is 1.44. The molecule has 1 heterocycles. The normalized spacial score (nSPS) is 9.56. The Labute approximate surface area is 57.8 Å². The average Bonchev–Trinajstić information content (AvgIpc) is 2.34. The second kappa shape index (κ2) is 2.77. The second-order valence-corrected chi connectivity index (χ2v) is 2.31. The lowest BCUT2D eigenvalue weighted by molar-refractivity contribution is 0.417. The summed E-state index contributed by atoms with van der Waals surface area (Å²) in [6, 6.07) is 1.85. The summed E-state index contributed by atoms with van der Waals surface area (Å²) in [4.78, 5) is 0. The molecule has 0 spiro atoms. The van der Waals surface area contributed by atoms with E-state index in [0.29, 0.717) is 5.88 Å². The monoisotopic (exact) mass is 144 g/mol. The first kappa shape index (κ1) is 6.48. The van der Waals surface area contributed by atoms with Crippen molar-refractivity contribution in [3.05, 3.63) is 6.07 Å². The summed E-state index contributed by atoms with van der Waals surface area (Å²) >= 11 is 1.56. The van der Waals surface area contributed by atoms with Crippen LogP contribution in [0.3, 0.4) is 0 Å². The van der Waals surface area contributed by atoms with Crippen LogP contribution >= 0.6 is 11.8 Å². The molecule has 0 aliphatic rings. The van der Waals surface area contributed by atoms with E-state index in [-0.39, 0.29) is 0 Å². The van der Waals surface area contributed by atoms with Gasteiger partial charge in [0.1, 0.15) is 5.03 Å². The fourth-order valence-corrected chi connectivity index (χ4v) is 0.810. The molecule has 0 radical (unpaired) electrons. The third-order valence-corrected chi connectivity index (χ3v) is 1.55. The molecule has 0 aliphatic heterocycles. The van der Waals surface area contributed by atoms with Crippen molar-refractivity contribution in [2.75, 3.05) is 18.6 Å². The van der Waals surface area contributed by atoms with E-state index in [0.717, 1.165) is 5.03 Å². The zero-order valence-electron chi connectivity index (χ0n) is 5.34. The van der Waals surface area contributed by atoms with Crippen LogP contribution in [0.15, 0.2) is 15.6 Å². The summed E-state index contributed by atoms with van der Waals surface area (Å²) in [5.41, 5.74) is 0. The largest absolute Gasteiger partial charge is 0.357 e. The minimum absolute atomic E-state index is 0.708. The zero-order chi connectivity index (χ0) is 6.69. The van der Waals surface area contributed by atoms with Gasteiger partial charge in [-0.25, -0.2) is 0 Å². The molecule has 0 amide bonds. The van der Waals surface area contributed by atoms with Crippen LogP contribution in [0.4, 0.5) is 5.88 Å². The van der Waals surface area contributed by atoms with Gasteiger partial charge in [-0.05, 0) is 6.26 Å². The molecular weight excluding hydrogens is 136 g/mol. The maximum Gasteiger partial charge on any atom is 0.225 e. The topological polar surface area (TPSA) is 38.1 Å². The van der Waals surface area contributed by atoms with Crippen LogP contribution in [0.25, 0.3) is 0 Å². The third kappa shape index (κ3) is 1.38. The quantitative estimate of drug-likeness (QED) is 0.637. The molecule has 1 aromatic rings. The standard InChI is InChI=1S/C5H8N2OS/c1-6-4-3-5(9-2)7-8-4/h3,6H,1-2H3. The number of thioether (sulfide) groups is 1. The maximum atomic E-state index is 4.82. The number of nitrogens with zero attached hydrogens (tertiary/aromatic N) is 1. The summed E-state index contributed by atoms with van der Waals surface area (Å²) in [6.07, 6.45) is 1.96. The molecule has 4 heteroatoms. The van der Waals surface area contributed by atoms with Crippen LogP contribution in [0.5, 0.6) is 0 Å². The molecule has 0 bridgehead atoms. The highest BCUT2D eigenvalue weighted by Gasteiger charge is 1.97. The molecule has 0 aromatic carbocycles. The molecule has 0 atom stereocenters. The lowest BCUT2D eigenvalue weighted by Gasteiger charge is -1.83. The van der Waals surface area contributed by atoms with Gasteiger partial charge in [-0.3, -0.25) is 0 Å². The van der Waals surface area contributed by atoms with E-state index in [1.165, 1.54) is 0 Å². The first-order valence-corrected chi connectivity index (χ1v) is 3.77. The predicted molar refractivity (Wildman–Crippen MR) is 37.8 cm³/mol. The molecule has 1 N–H and O–H groups in total. The van der Waals surface area contributed by atoms with Gasteiger partial charge in [0.25, 0.3) is 0 Å². The van der Waals surface area contributed by atoms with Gasteiger partial charge in [0.05, 0.1) is 0 Å². The number of anilines is 1. The minimum atomic E-state index is 0.708. The number of rotatable bonds is 2. The van der Waals surface area contributed by atoms with E-state index >= 15 is 0 Å². The maximum absolute atomic E-state index is 4.82. The summed E-state index contributed by atoms with van der Waals surface area (Å²) in [5, 5.41) is 7.47. The molecule has 50 valence electrons. The Bertz CT molecular complexity index is 168. The molecule has 1 aromatic heterocycles. The lowest BCUT2D eigenvalue weighted by atomic mass is 10.7. The van der Waals surface area contributed by atoms with E-state index in [1.807, 2.05) is 12.3 Å². The molecule has 0 saturated carbocycles. The van der Waals surface area contributed by atoms with Crippen LogP contribution in [0, 0.1) is 0 Å². The molecule has 1 rings (SSSR count). The van der Waals surface area contributed by atoms with Gasteiger partial charge in [-0.1, -0.05) is 5.16 Å². The smallest absolute Gasteiger partial charge is 0.225 e.